The van der Waals surface area contributed by atoms with E-state index >= 15 is 0 Å². The number of nitrogens with zero attached hydrogens (tertiary/aromatic N) is 1. The van der Waals surface area contributed by atoms with Crippen LogP contribution in [0.2, 0.25) is 0 Å². The van der Waals surface area contributed by atoms with Crippen molar-refractivity contribution in [1.29, 1.82) is 0 Å². The topological polar surface area (TPSA) is 59.8 Å². The molecule has 19 heavy (non-hydrogen) atoms. The maximum atomic E-state index is 12.4. The second-order valence-corrected chi connectivity index (χ2v) is 4.89. The van der Waals surface area contributed by atoms with Crippen molar-refractivity contribution in [3.05, 3.63) is 24.2 Å². The number of amides is 1. The van der Waals surface area contributed by atoms with Crippen molar-refractivity contribution >= 4 is 11.9 Å². The van der Waals surface area contributed by atoms with Gasteiger partial charge in [-0.3, -0.25) is 4.79 Å². The third-order valence-electron chi connectivity index (χ3n) is 3.58. The zero-order valence-electron chi connectivity index (χ0n) is 11.3. The van der Waals surface area contributed by atoms with Gasteiger partial charge in [0.25, 0.3) is 5.91 Å². The van der Waals surface area contributed by atoms with Crippen LogP contribution < -0.4 is 0 Å². The molecule has 1 unspecified atom stereocenters. The fourth-order valence-corrected chi connectivity index (χ4v) is 2.48. The van der Waals surface area contributed by atoms with Gasteiger partial charge in [-0.2, -0.15) is 0 Å². The Hall–Kier alpha value is -1.78. The molecular formula is C14H19NO4. The maximum Gasteiger partial charge on any atom is 0.331 e. The number of carbonyl (C=O) groups excluding carboxylic acids is 2. The first-order chi connectivity index (χ1) is 9.09. The molecule has 0 radical (unpaired) electrons. The highest BCUT2D eigenvalue weighted by molar-refractivity contribution is 5.96. The van der Waals surface area contributed by atoms with Gasteiger partial charge < -0.3 is 14.1 Å². The molecular weight excluding hydrogens is 246 g/mol. The quantitative estimate of drug-likeness (QED) is 0.786. The van der Waals surface area contributed by atoms with Gasteiger partial charge in [-0.25, -0.2) is 4.79 Å². The molecule has 5 nitrogen and oxygen atoms in total. The fraction of sp³-hybridized carbons (Fsp3) is 0.571. The lowest BCUT2D eigenvalue weighted by Gasteiger charge is -2.42. The minimum absolute atomic E-state index is 0.250. The van der Waals surface area contributed by atoms with Gasteiger partial charge in [0, 0.05) is 6.54 Å². The maximum absolute atomic E-state index is 12.4. The Morgan fingerprint density at radius 3 is 2.89 bits per heavy atom. The van der Waals surface area contributed by atoms with Crippen molar-refractivity contribution in [2.24, 2.45) is 0 Å². The van der Waals surface area contributed by atoms with Gasteiger partial charge in [0.15, 0.2) is 5.76 Å². The second kappa shape index (κ2) is 5.47. The van der Waals surface area contributed by atoms with Crippen LogP contribution in [-0.2, 0) is 9.53 Å². The molecule has 1 aliphatic heterocycles. The zero-order valence-corrected chi connectivity index (χ0v) is 11.3. The van der Waals surface area contributed by atoms with Gasteiger partial charge in [0.1, 0.15) is 5.54 Å². The number of likely N-dealkylation sites (tertiary alicyclic amines) is 1. The molecule has 1 aromatic rings. The zero-order chi connectivity index (χ0) is 13.9. The molecule has 0 bridgehead atoms. The predicted octanol–water partition coefficient (Wildman–Crippen LogP) is 2.23. The molecule has 0 aliphatic carbocycles. The number of ether oxygens (including phenoxy) is 1. The van der Waals surface area contributed by atoms with Gasteiger partial charge in [0.2, 0.25) is 0 Å². The highest BCUT2D eigenvalue weighted by atomic mass is 16.5. The third kappa shape index (κ3) is 2.50. The lowest BCUT2D eigenvalue weighted by molar-refractivity contribution is -0.157. The standard InChI is InChI=1S/C14H19NO4/c1-3-18-13(17)14(2)8-4-5-9-15(14)12(16)11-7-6-10-19-11/h6-7,10H,3-5,8-9H2,1-2H3. The van der Waals surface area contributed by atoms with Crippen molar-refractivity contribution in [2.75, 3.05) is 13.2 Å². The lowest BCUT2D eigenvalue weighted by atomic mass is 9.88. The van der Waals surface area contributed by atoms with Crippen LogP contribution in [0.1, 0.15) is 43.7 Å². The van der Waals surface area contributed by atoms with Crippen molar-refractivity contribution in [2.45, 2.75) is 38.6 Å². The van der Waals surface area contributed by atoms with E-state index < -0.39 is 5.54 Å². The Labute approximate surface area is 112 Å². The van der Waals surface area contributed by atoms with Gasteiger partial charge >= 0.3 is 5.97 Å². The summed E-state index contributed by atoms with van der Waals surface area (Å²) in [6, 6.07) is 3.28. The molecule has 0 aromatic carbocycles. The number of hydrogen-bond acceptors (Lipinski definition) is 4. The molecule has 1 amide bonds. The average molecular weight is 265 g/mol. The second-order valence-electron chi connectivity index (χ2n) is 4.89. The van der Waals surface area contributed by atoms with Crippen LogP contribution >= 0.6 is 0 Å². The van der Waals surface area contributed by atoms with Crippen LogP contribution in [-0.4, -0.2) is 35.5 Å². The summed E-state index contributed by atoms with van der Waals surface area (Å²) in [6.45, 7) is 4.40. The third-order valence-corrected chi connectivity index (χ3v) is 3.58. The molecule has 1 aliphatic rings. The van der Waals surface area contributed by atoms with Gasteiger partial charge in [-0.1, -0.05) is 0 Å². The summed E-state index contributed by atoms with van der Waals surface area (Å²) >= 11 is 0. The minimum Gasteiger partial charge on any atom is -0.464 e. The molecule has 0 spiro atoms. The highest BCUT2D eigenvalue weighted by Crippen LogP contribution is 2.30. The van der Waals surface area contributed by atoms with Crippen molar-refractivity contribution < 1.29 is 18.7 Å². The molecule has 5 heteroatoms. The largest absolute Gasteiger partial charge is 0.464 e. The van der Waals surface area contributed by atoms with Crippen LogP contribution in [0.25, 0.3) is 0 Å². The Morgan fingerprint density at radius 2 is 2.26 bits per heavy atom. The molecule has 1 saturated heterocycles. The van der Waals surface area contributed by atoms with Crippen LogP contribution in [0, 0.1) is 0 Å². The molecule has 2 heterocycles. The van der Waals surface area contributed by atoms with E-state index in [2.05, 4.69) is 0 Å². The number of piperidine rings is 1. The number of carbonyl (C=O) groups is 2. The Morgan fingerprint density at radius 1 is 1.47 bits per heavy atom. The Kier molecular flexibility index (Phi) is 3.93. The molecule has 0 saturated carbocycles. The molecule has 1 aromatic heterocycles. The molecule has 1 fully saturated rings. The van der Waals surface area contributed by atoms with Crippen LogP contribution in [0.15, 0.2) is 22.8 Å². The SMILES string of the molecule is CCOC(=O)C1(C)CCCCN1C(=O)c1ccco1. The summed E-state index contributed by atoms with van der Waals surface area (Å²) < 4.78 is 10.3. The summed E-state index contributed by atoms with van der Waals surface area (Å²) in [5.74, 6) is -0.327. The van der Waals surface area contributed by atoms with E-state index in [1.165, 1.54) is 6.26 Å². The first kappa shape index (κ1) is 13.6. The summed E-state index contributed by atoms with van der Waals surface area (Å²) in [5, 5.41) is 0. The van der Waals surface area contributed by atoms with Crippen LogP contribution in [0.4, 0.5) is 0 Å². The summed E-state index contributed by atoms with van der Waals surface area (Å²) in [6.07, 6.45) is 3.88. The van der Waals surface area contributed by atoms with E-state index in [0.717, 1.165) is 12.8 Å². The van der Waals surface area contributed by atoms with Gasteiger partial charge in [-0.05, 0) is 45.2 Å². The summed E-state index contributed by atoms with van der Waals surface area (Å²) in [5.41, 5.74) is -0.891. The number of rotatable bonds is 3. The fourth-order valence-electron chi connectivity index (χ4n) is 2.48. The summed E-state index contributed by atoms with van der Waals surface area (Å²) in [7, 11) is 0. The van der Waals surface area contributed by atoms with E-state index in [1.807, 2.05) is 0 Å². The van der Waals surface area contributed by atoms with Gasteiger partial charge in [0.05, 0.1) is 12.9 Å². The normalized spacial score (nSPS) is 23.2. The number of furan rings is 1. The van der Waals surface area contributed by atoms with E-state index in [-0.39, 0.29) is 17.6 Å². The van der Waals surface area contributed by atoms with E-state index in [1.54, 1.807) is 30.9 Å². The van der Waals surface area contributed by atoms with Crippen LogP contribution in [0.5, 0.6) is 0 Å². The predicted molar refractivity (Wildman–Crippen MR) is 68.6 cm³/mol. The highest BCUT2D eigenvalue weighted by Gasteiger charge is 2.45. The molecule has 2 rings (SSSR count). The average Bonchev–Trinajstić information content (AvgIpc) is 2.92. The molecule has 104 valence electrons. The first-order valence-electron chi connectivity index (χ1n) is 6.62. The van der Waals surface area contributed by atoms with E-state index in [9.17, 15) is 9.59 Å². The smallest absolute Gasteiger partial charge is 0.331 e. The lowest BCUT2D eigenvalue weighted by Crippen LogP contribution is -2.58. The van der Waals surface area contributed by atoms with E-state index in [4.69, 9.17) is 9.15 Å². The van der Waals surface area contributed by atoms with E-state index in [0.29, 0.717) is 19.6 Å². The first-order valence-corrected chi connectivity index (χ1v) is 6.62. The monoisotopic (exact) mass is 265 g/mol. The number of esters is 1. The molecule has 1 atom stereocenters. The van der Waals surface area contributed by atoms with Crippen molar-refractivity contribution in [3.63, 3.8) is 0 Å². The van der Waals surface area contributed by atoms with Crippen LogP contribution in [0.3, 0.4) is 0 Å². The minimum atomic E-state index is -0.891. The van der Waals surface area contributed by atoms with Crippen molar-refractivity contribution in [3.8, 4) is 0 Å². The Bertz CT molecular complexity index is 454. The summed E-state index contributed by atoms with van der Waals surface area (Å²) in [4.78, 5) is 26.1. The van der Waals surface area contributed by atoms with Crippen molar-refractivity contribution in [1.82, 2.24) is 4.90 Å². The number of hydrogen-bond donors (Lipinski definition) is 0. The Balaban J connectivity index is 2.25. The molecule has 0 N–H and O–H groups in total. The van der Waals surface area contributed by atoms with Gasteiger partial charge in [-0.15, -0.1) is 0 Å².